The molecular formula is C32H50O3. The van der Waals surface area contributed by atoms with Crippen molar-refractivity contribution in [1.82, 2.24) is 0 Å². The molecule has 9 atom stereocenters. The Hall–Kier alpha value is -0.960. The van der Waals surface area contributed by atoms with E-state index in [2.05, 4.69) is 48.5 Å². The zero-order valence-corrected chi connectivity index (χ0v) is 23.5. The molecule has 0 heterocycles. The highest BCUT2D eigenvalue weighted by Crippen LogP contribution is 2.79. The molecule has 0 aromatic rings. The highest BCUT2D eigenvalue weighted by atomic mass is 16.3. The van der Waals surface area contributed by atoms with Crippen LogP contribution in [0, 0.1) is 50.7 Å². The van der Waals surface area contributed by atoms with Gasteiger partial charge in [0.15, 0.2) is 5.78 Å². The maximum atomic E-state index is 13.4. The van der Waals surface area contributed by atoms with E-state index in [-0.39, 0.29) is 39.5 Å². The lowest BCUT2D eigenvalue weighted by Gasteiger charge is -2.74. The first-order valence-corrected chi connectivity index (χ1v) is 14.8. The zero-order chi connectivity index (χ0) is 25.6. The van der Waals surface area contributed by atoms with Gasteiger partial charge in [-0.05, 0) is 114 Å². The minimum Gasteiger partial charge on any atom is -0.393 e. The predicted molar refractivity (Wildman–Crippen MR) is 141 cm³/mol. The van der Waals surface area contributed by atoms with Crippen LogP contribution in [0.3, 0.4) is 0 Å². The maximum absolute atomic E-state index is 13.4. The highest BCUT2D eigenvalue weighted by Gasteiger charge is 2.72. The first-order valence-electron chi connectivity index (χ1n) is 14.8. The van der Waals surface area contributed by atoms with Gasteiger partial charge in [0.1, 0.15) is 6.29 Å². The molecule has 5 aliphatic carbocycles. The van der Waals surface area contributed by atoms with E-state index in [1.54, 1.807) is 0 Å². The van der Waals surface area contributed by atoms with E-state index < -0.39 is 5.41 Å². The van der Waals surface area contributed by atoms with Crippen LogP contribution in [0.5, 0.6) is 0 Å². The van der Waals surface area contributed by atoms with E-state index in [9.17, 15) is 14.7 Å². The van der Waals surface area contributed by atoms with Gasteiger partial charge in [-0.3, -0.25) is 4.79 Å². The fourth-order valence-electron chi connectivity index (χ4n) is 11.5. The van der Waals surface area contributed by atoms with Gasteiger partial charge in [0, 0.05) is 6.42 Å². The van der Waals surface area contributed by atoms with Gasteiger partial charge in [-0.25, -0.2) is 0 Å². The average Bonchev–Trinajstić information content (AvgIpc) is 3.12. The van der Waals surface area contributed by atoms with Gasteiger partial charge in [0.2, 0.25) is 0 Å². The second kappa shape index (κ2) is 8.02. The number of carbonyl (C=O) groups excluding carboxylic acids is 2. The number of Topliss-reactive ketones (excluding diaryl/α,β-unsaturated/α-hetero) is 1. The van der Waals surface area contributed by atoms with Gasteiger partial charge in [0.05, 0.1) is 11.5 Å². The van der Waals surface area contributed by atoms with Crippen molar-refractivity contribution in [2.75, 3.05) is 0 Å². The van der Waals surface area contributed by atoms with Crippen molar-refractivity contribution in [3.05, 3.63) is 11.1 Å². The number of fused-ring (bicyclic) bond motifs is 7. The minimum absolute atomic E-state index is 0.0693. The highest BCUT2D eigenvalue weighted by molar-refractivity contribution is 6.04. The lowest BCUT2D eigenvalue weighted by Crippen LogP contribution is -2.67. The monoisotopic (exact) mass is 482 g/mol. The van der Waals surface area contributed by atoms with Crippen LogP contribution in [-0.4, -0.2) is 23.3 Å². The molecule has 196 valence electrons. The number of aliphatic hydroxyl groups excluding tert-OH is 1. The van der Waals surface area contributed by atoms with Gasteiger partial charge >= 0.3 is 0 Å². The van der Waals surface area contributed by atoms with E-state index in [0.29, 0.717) is 24.2 Å². The minimum atomic E-state index is -0.559. The molecule has 3 heteroatoms. The van der Waals surface area contributed by atoms with Crippen molar-refractivity contribution >= 4 is 12.1 Å². The summed E-state index contributed by atoms with van der Waals surface area (Å²) in [6, 6.07) is 0. The first-order chi connectivity index (χ1) is 16.3. The smallest absolute Gasteiger partial charge is 0.160 e. The molecule has 0 spiro atoms. The van der Waals surface area contributed by atoms with Crippen LogP contribution in [0.1, 0.15) is 119 Å². The third-order valence-electron chi connectivity index (χ3n) is 13.4. The fourth-order valence-corrected chi connectivity index (χ4v) is 11.5. The topological polar surface area (TPSA) is 54.4 Å². The Kier molecular flexibility index (Phi) is 5.88. The summed E-state index contributed by atoms with van der Waals surface area (Å²) in [5, 5.41) is 11.0. The number of hydrogen-bond donors (Lipinski definition) is 1. The molecule has 0 unspecified atom stereocenters. The number of carbonyl (C=O) groups is 2. The number of aliphatic hydroxyl groups is 1. The van der Waals surface area contributed by atoms with Crippen molar-refractivity contribution in [2.45, 2.75) is 125 Å². The van der Waals surface area contributed by atoms with E-state index in [4.69, 9.17) is 0 Å². The lowest BCUT2D eigenvalue weighted by atomic mass is 9.30. The molecule has 0 aromatic carbocycles. The van der Waals surface area contributed by atoms with Crippen molar-refractivity contribution in [3.63, 3.8) is 0 Å². The molecule has 0 amide bonds. The SMILES string of the molecule is CCC[C@H]1[C@@H](O)CC[C@]2(C)[C@H]3CC[C@]4(C)C5=C(C(C)C)C(=O)C[C@]5(C=O)CC[C@@]4(C)[C@]3(C)CC[C@@H]12. The third-order valence-corrected chi connectivity index (χ3v) is 13.4. The molecule has 5 rings (SSSR count). The summed E-state index contributed by atoms with van der Waals surface area (Å²) < 4.78 is 0. The summed E-state index contributed by atoms with van der Waals surface area (Å²) in [5.74, 6) is 2.11. The van der Waals surface area contributed by atoms with Gasteiger partial charge in [-0.2, -0.15) is 0 Å². The van der Waals surface area contributed by atoms with Crippen LogP contribution < -0.4 is 0 Å². The molecule has 1 N–H and O–H groups in total. The predicted octanol–water partition coefficient (Wildman–Crippen LogP) is 7.31. The van der Waals surface area contributed by atoms with E-state index in [0.717, 1.165) is 50.5 Å². The normalized spacial score (nSPS) is 51.5. The molecule has 0 radical (unpaired) electrons. The summed E-state index contributed by atoms with van der Waals surface area (Å²) in [7, 11) is 0. The second-order valence-electron chi connectivity index (χ2n) is 14.7. The van der Waals surface area contributed by atoms with Crippen LogP contribution in [0.25, 0.3) is 0 Å². The van der Waals surface area contributed by atoms with E-state index in [1.165, 1.54) is 31.1 Å². The zero-order valence-electron chi connectivity index (χ0n) is 23.5. The van der Waals surface area contributed by atoms with Crippen molar-refractivity contribution in [2.24, 2.45) is 50.7 Å². The molecule has 35 heavy (non-hydrogen) atoms. The molecule has 5 aliphatic rings. The molecule has 4 saturated carbocycles. The number of rotatable bonds is 4. The lowest BCUT2D eigenvalue weighted by molar-refractivity contribution is -0.234. The molecule has 0 saturated heterocycles. The van der Waals surface area contributed by atoms with Gasteiger partial charge in [0.25, 0.3) is 0 Å². The summed E-state index contributed by atoms with van der Waals surface area (Å²) in [5.41, 5.74) is 2.11. The molecule has 0 aliphatic heterocycles. The molecule has 3 nitrogen and oxygen atoms in total. The molecule has 0 bridgehead atoms. The second-order valence-corrected chi connectivity index (χ2v) is 14.7. The van der Waals surface area contributed by atoms with Crippen LogP contribution in [0.2, 0.25) is 0 Å². The number of aldehydes is 1. The summed E-state index contributed by atoms with van der Waals surface area (Å²) in [4.78, 5) is 26.1. The Morgan fingerprint density at radius 1 is 1.00 bits per heavy atom. The van der Waals surface area contributed by atoms with Crippen LogP contribution in [-0.2, 0) is 9.59 Å². The number of hydrogen-bond acceptors (Lipinski definition) is 3. The Morgan fingerprint density at radius 2 is 1.71 bits per heavy atom. The fraction of sp³-hybridized carbons (Fsp3) is 0.875. The van der Waals surface area contributed by atoms with Crippen molar-refractivity contribution in [3.8, 4) is 0 Å². The van der Waals surface area contributed by atoms with Gasteiger partial charge < -0.3 is 9.90 Å². The summed E-state index contributed by atoms with van der Waals surface area (Å²) >= 11 is 0. The molecular weight excluding hydrogens is 432 g/mol. The average molecular weight is 483 g/mol. The Labute approximate surface area is 213 Å². The van der Waals surface area contributed by atoms with Gasteiger partial charge in [-0.1, -0.05) is 54.9 Å². The molecule has 4 fully saturated rings. The summed E-state index contributed by atoms with van der Waals surface area (Å²) in [6.07, 6.45) is 12.4. The van der Waals surface area contributed by atoms with Crippen LogP contribution in [0.15, 0.2) is 11.1 Å². The van der Waals surface area contributed by atoms with Crippen molar-refractivity contribution in [1.29, 1.82) is 0 Å². The largest absolute Gasteiger partial charge is 0.393 e. The van der Waals surface area contributed by atoms with E-state index in [1.807, 2.05) is 0 Å². The maximum Gasteiger partial charge on any atom is 0.160 e. The quantitative estimate of drug-likeness (QED) is 0.427. The Bertz CT molecular complexity index is 948. The summed E-state index contributed by atoms with van der Waals surface area (Å²) in [6.45, 7) is 16.7. The molecule has 0 aromatic heterocycles. The van der Waals surface area contributed by atoms with Gasteiger partial charge in [-0.15, -0.1) is 0 Å². The van der Waals surface area contributed by atoms with Crippen LogP contribution in [0.4, 0.5) is 0 Å². The standard InChI is InChI=1S/C32H50O3/c1-8-9-21-22-10-14-29(5)25(28(22,4)13-11-23(21)34)12-15-30(6)27-26(20(2)3)24(35)18-32(27,19-33)17-16-31(29,30)7/h19-23,25,34H,8-18H2,1-7H3/t21-,22+,23+,25-,28+,29-,30-,31+,32+/m1/s1. The number of allylic oxidation sites excluding steroid dienone is 2. The third kappa shape index (κ3) is 3.00. The van der Waals surface area contributed by atoms with E-state index >= 15 is 0 Å². The Morgan fingerprint density at radius 3 is 2.34 bits per heavy atom. The number of ketones is 1. The van der Waals surface area contributed by atoms with Crippen LogP contribution >= 0.6 is 0 Å². The Balaban J connectivity index is 1.62. The van der Waals surface area contributed by atoms with Crippen molar-refractivity contribution < 1.29 is 14.7 Å². The first kappa shape index (κ1) is 25.7.